The second-order valence-electron chi connectivity index (χ2n) is 6.93. The van der Waals surface area contributed by atoms with Gasteiger partial charge in [0.05, 0.1) is 18.5 Å². The third kappa shape index (κ3) is 3.85. The van der Waals surface area contributed by atoms with Crippen molar-refractivity contribution >= 4 is 12.9 Å². The number of ether oxygens (including phenoxy) is 1. The number of pyridine rings is 1. The number of hydrogen-bond acceptors (Lipinski definition) is 5. The van der Waals surface area contributed by atoms with Gasteiger partial charge in [0.15, 0.2) is 0 Å². The van der Waals surface area contributed by atoms with Crippen molar-refractivity contribution in [3.63, 3.8) is 0 Å². The first-order chi connectivity index (χ1) is 12.4. The topological polar surface area (TPSA) is 57.7 Å². The van der Waals surface area contributed by atoms with Gasteiger partial charge in [-0.1, -0.05) is 6.07 Å². The fourth-order valence-electron chi connectivity index (χ4n) is 3.38. The molecule has 26 heavy (non-hydrogen) atoms. The Morgan fingerprint density at radius 3 is 2.54 bits per heavy atom. The van der Waals surface area contributed by atoms with Crippen LogP contribution >= 0.6 is 7.60 Å². The summed E-state index contributed by atoms with van der Waals surface area (Å²) in [5.41, 5.74) is 1.64. The van der Waals surface area contributed by atoms with E-state index in [9.17, 15) is 4.57 Å². The molecule has 1 atom stereocenters. The Bertz CT molecular complexity index is 797. The van der Waals surface area contributed by atoms with Gasteiger partial charge in [0.1, 0.15) is 11.4 Å². The summed E-state index contributed by atoms with van der Waals surface area (Å²) in [7, 11) is -3.34. The summed E-state index contributed by atoms with van der Waals surface area (Å²) in [6, 6.07) is 11.5. The van der Waals surface area contributed by atoms with E-state index in [1.165, 1.54) is 0 Å². The van der Waals surface area contributed by atoms with Crippen LogP contribution in [0, 0.1) is 0 Å². The number of aromatic nitrogens is 1. The molecule has 0 N–H and O–H groups in total. The van der Waals surface area contributed by atoms with Crippen molar-refractivity contribution in [3.05, 3.63) is 53.9 Å². The highest BCUT2D eigenvalue weighted by atomic mass is 31.2. The van der Waals surface area contributed by atoms with E-state index < -0.39 is 7.60 Å². The summed E-state index contributed by atoms with van der Waals surface area (Å²) in [5.74, 6) is 0.854. The van der Waals surface area contributed by atoms with Crippen molar-refractivity contribution in [2.75, 3.05) is 13.2 Å². The molecule has 0 aliphatic carbocycles. The number of fused-ring (bicyclic) bond motifs is 1. The molecule has 1 unspecified atom stereocenters. The molecule has 1 aromatic carbocycles. The van der Waals surface area contributed by atoms with Crippen molar-refractivity contribution in [1.82, 2.24) is 4.98 Å². The number of hydrogen-bond donors (Lipinski definition) is 0. The van der Waals surface area contributed by atoms with Gasteiger partial charge in [0, 0.05) is 23.4 Å². The van der Waals surface area contributed by atoms with E-state index in [0.29, 0.717) is 18.5 Å². The van der Waals surface area contributed by atoms with E-state index in [0.717, 1.165) is 23.4 Å². The molecule has 0 saturated heterocycles. The van der Waals surface area contributed by atoms with Gasteiger partial charge in [0.2, 0.25) is 0 Å². The summed E-state index contributed by atoms with van der Waals surface area (Å²) in [4.78, 5) is 4.54. The van der Waals surface area contributed by atoms with Gasteiger partial charge in [-0.25, -0.2) is 0 Å². The fourth-order valence-corrected chi connectivity index (χ4v) is 4.99. The second kappa shape index (κ2) is 7.51. The van der Waals surface area contributed by atoms with Crippen LogP contribution in [-0.2, 0) is 13.6 Å². The molecular weight excluding hydrogens is 349 g/mol. The van der Waals surface area contributed by atoms with Gasteiger partial charge in [0.25, 0.3) is 0 Å². The lowest BCUT2D eigenvalue weighted by molar-refractivity contribution is 0.0769. The minimum atomic E-state index is -3.34. The smallest absolute Gasteiger partial charge is 0.361 e. The van der Waals surface area contributed by atoms with Crippen molar-refractivity contribution in [2.45, 2.75) is 45.6 Å². The van der Waals surface area contributed by atoms with Crippen molar-refractivity contribution in [1.29, 1.82) is 0 Å². The summed E-state index contributed by atoms with van der Waals surface area (Å²) < 4.78 is 30.3. The van der Waals surface area contributed by atoms with Gasteiger partial charge < -0.3 is 13.8 Å². The molecule has 5 nitrogen and oxygen atoms in total. The van der Waals surface area contributed by atoms with Crippen LogP contribution in [-0.4, -0.2) is 23.8 Å². The first kappa shape index (κ1) is 19.1. The molecular formula is C20H26NO4P. The SMILES string of the molecule is CCOP(=O)(OCC)c1ccc2c(c1)C(c1ccccn1)CC(C)(C)O2. The monoisotopic (exact) mass is 375 g/mol. The highest BCUT2D eigenvalue weighted by Crippen LogP contribution is 2.50. The van der Waals surface area contributed by atoms with Crippen molar-refractivity contribution in [2.24, 2.45) is 0 Å². The first-order valence-electron chi connectivity index (χ1n) is 9.02. The Hall–Kier alpha value is -1.68. The molecule has 0 bridgehead atoms. The molecule has 1 aromatic heterocycles. The Morgan fingerprint density at radius 2 is 1.92 bits per heavy atom. The third-order valence-corrected chi connectivity index (χ3v) is 6.52. The van der Waals surface area contributed by atoms with Crippen LogP contribution in [0.2, 0.25) is 0 Å². The number of rotatable bonds is 6. The maximum atomic E-state index is 13.2. The van der Waals surface area contributed by atoms with Gasteiger partial charge in [-0.05, 0) is 64.4 Å². The normalized spacial score (nSPS) is 18.8. The Labute approximate surface area is 155 Å². The summed E-state index contributed by atoms with van der Waals surface area (Å²) in [5, 5.41) is 0.559. The second-order valence-corrected chi connectivity index (χ2v) is 8.96. The van der Waals surface area contributed by atoms with Crippen LogP contribution in [0.4, 0.5) is 0 Å². The van der Waals surface area contributed by atoms with Crippen LogP contribution in [0.15, 0.2) is 42.6 Å². The lowest BCUT2D eigenvalue weighted by Crippen LogP contribution is -2.36. The Balaban J connectivity index is 2.10. The zero-order valence-electron chi connectivity index (χ0n) is 15.8. The highest BCUT2D eigenvalue weighted by molar-refractivity contribution is 7.62. The van der Waals surface area contributed by atoms with Crippen molar-refractivity contribution < 1.29 is 18.3 Å². The molecule has 1 aliphatic heterocycles. The van der Waals surface area contributed by atoms with E-state index in [-0.39, 0.29) is 11.5 Å². The molecule has 3 rings (SSSR count). The highest BCUT2D eigenvalue weighted by Gasteiger charge is 2.37. The zero-order valence-corrected chi connectivity index (χ0v) is 16.7. The molecule has 140 valence electrons. The van der Waals surface area contributed by atoms with Crippen LogP contribution in [0.5, 0.6) is 5.75 Å². The molecule has 6 heteroatoms. The van der Waals surface area contributed by atoms with E-state index in [4.69, 9.17) is 13.8 Å². The first-order valence-corrected chi connectivity index (χ1v) is 10.6. The number of nitrogens with zero attached hydrogens (tertiary/aromatic N) is 1. The van der Waals surface area contributed by atoms with E-state index in [1.54, 1.807) is 12.3 Å². The van der Waals surface area contributed by atoms with Crippen LogP contribution in [0.1, 0.15) is 51.3 Å². The molecule has 0 amide bonds. The van der Waals surface area contributed by atoms with Crippen LogP contribution in [0.25, 0.3) is 0 Å². The molecule has 2 heterocycles. The predicted molar refractivity (Wildman–Crippen MR) is 102 cm³/mol. The number of benzene rings is 1. The quantitative estimate of drug-likeness (QED) is 0.687. The van der Waals surface area contributed by atoms with Gasteiger partial charge in [-0.15, -0.1) is 0 Å². The lowest BCUT2D eigenvalue weighted by atomic mass is 9.82. The van der Waals surface area contributed by atoms with Crippen LogP contribution in [0.3, 0.4) is 0 Å². The maximum absolute atomic E-state index is 13.2. The fraction of sp³-hybridized carbons (Fsp3) is 0.450. The minimum absolute atomic E-state index is 0.0617. The molecule has 0 saturated carbocycles. The van der Waals surface area contributed by atoms with Gasteiger partial charge in [-0.2, -0.15) is 0 Å². The molecule has 0 spiro atoms. The minimum Gasteiger partial charge on any atom is -0.488 e. The average Bonchev–Trinajstić information content (AvgIpc) is 2.61. The van der Waals surface area contributed by atoms with Crippen LogP contribution < -0.4 is 10.0 Å². The van der Waals surface area contributed by atoms with Gasteiger partial charge in [-0.3, -0.25) is 9.55 Å². The predicted octanol–water partition coefficient (Wildman–Crippen LogP) is 4.67. The average molecular weight is 375 g/mol. The standard InChI is InChI=1S/C20H26NO4P/c1-5-23-26(22,24-6-2)15-10-11-19-16(13-15)17(14-20(3,4)25-19)18-9-7-8-12-21-18/h7-13,17H,5-6,14H2,1-4H3. The summed E-state index contributed by atoms with van der Waals surface area (Å²) in [6.45, 7) is 8.41. The molecule has 1 aliphatic rings. The Kier molecular flexibility index (Phi) is 5.52. The maximum Gasteiger partial charge on any atom is 0.361 e. The largest absolute Gasteiger partial charge is 0.488 e. The molecule has 0 radical (unpaired) electrons. The Morgan fingerprint density at radius 1 is 1.19 bits per heavy atom. The van der Waals surface area contributed by atoms with Crippen molar-refractivity contribution in [3.8, 4) is 5.75 Å². The summed E-state index contributed by atoms with van der Waals surface area (Å²) in [6.07, 6.45) is 2.58. The molecule has 2 aromatic rings. The summed E-state index contributed by atoms with van der Waals surface area (Å²) >= 11 is 0. The zero-order chi connectivity index (χ0) is 18.8. The van der Waals surface area contributed by atoms with E-state index in [1.807, 2.05) is 44.2 Å². The molecule has 0 fully saturated rings. The van der Waals surface area contributed by atoms with E-state index in [2.05, 4.69) is 18.8 Å². The third-order valence-electron chi connectivity index (χ3n) is 4.41. The lowest BCUT2D eigenvalue weighted by Gasteiger charge is -2.37. The van der Waals surface area contributed by atoms with E-state index >= 15 is 0 Å². The van der Waals surface area contributed by atoms with Gasteiger partial charge >= 0.3 is 7.60 Å².